The molecule has 2 N–H and O–H groups in total. The lowest BCUT2D eigenvalue weighted by molar-refractivity contribution is 0.0603. The fourth-order valence-corrected chi connectivity index (χ4v) is 3.17. The monoisotopic (exact) mass is 298 g/mol. The Labute approximate surface area is 123 Å². The summed E-state index contributed by atoms with van der Waals surface area (Å²) in [6, 6.07) is 0. The highest BCUT2D eigenvalue weighted by atomic mass is 32.1. The molecule has 0 atom stereocenters. The Hall–Kier alpha value is -1.56. The first-order valence-corrected chi connectivity index (χ1v) is 7.42. The first kappa shape index (κ1) is 16.5. The van der Waals surface area contributed by atoms with Gasteiger partial charge in [0.15, 0.2) is 5.78 Å². The number of ketones is 1. The average Bonchev–Trinajstić information content (AvgIpc) is 2.74. The van der Waals surface area contributed by atoms with Crippen LogP contribution in [0, 0.1) is 5.92 Å². The van der Waals surface area contributed by atoms with E-state index >= 15 is 0 Å². The van der Waals surface area contributed by atoms with Crippen LogP contribution in [0.1, 0.15) is 47.2 Å². The summed E-state index contributed by atoms with van der Waals surface area (Å²) in [5.74, 6) is -0.709. The Morgan fingerprint density at radius 3 is 2.45 bits per heavy atom. The van der Waals surface area contributed by atoms with Crippen LogP contribution in [0.25, 0.3) is 0 Å². The van der Waals surface area contributed by atoms with Gasteiger partial charge < -0.3 is 15.4 Å². The molecule has 1 heterocycles. The number of methoxy groups -OCH3 is 1. The van der Waals surface area contributed by atoms with Crippen molar-refractivity contribution in [2.24, 2.45) is 5.92 Å². The van der Waals surface area contributed by atoms with Crippen LogP contribution >= 0.6 is 11.3 Å². The molecule has 0 aliphatic heterocycles. The number of Topliss-reactive ketones (excluding diaryl/α,β-unsaturated/α-hetero) is 1. The van der Waals surface area contributed by atoms with Crippen molar-refractivity contribution in [1.82, 2.24) is 0 Å². The van der Waals surface area contributed by atoms with Gasteiger partial charge in [-0.25, -0.2) is 4.79 Å². The highest BCUT2D eigenvalue weighted by Gasteiger charge is 2.28. The lowest BCUT2D eigenvalue weighted by Gasteiger charge is -2.17. The van der Waals surface area contributed by atoms with Gasteiger partial charge in [0.05, 0.1) is 17.7 Å². The first-order valence-electron chi connectivity index (χ1n) is 6.61. The van der Waals surface area contributed by atoms with Gasteiger partial charge in [-0.1, -0.05) is 20.8 Å². The number of carbonyl (C=O) groups is 2. The fraction of sp³-hybridized carbons (Fsp3) is 0.571. The van der Waals surface area contributed by atoms with Gasteiger partial charge in [-0.05, 0) is 6.42 Å². The quantitative estimate of drug-likeness (QED) is 0.646. The van der Waals surface area contributed by atoms with Crippen molar-refractivity contribution >= 4 is 33.8 Å². The third-order valence-electron chi connectivity index (χ3n) is 2.97. The van der Waals surface area contributed by atoms with Gasteiger partial charge in [0.25, 0.3) is 0 Å². The molecule has 0 aliphatic rings. The Kier molecular flexibility index (Phi) is 5.56. The van der Waals surface area contributed by atoms with E-state index < -0.39 is 5.97 Å². The molecule has 6 heteroatoms. The highest BCUT2D eigenvalue weighted by molar-refractivity contribution is 7.19. The van der Waals surface area contributed by atoms with E-state index in [2.05, 4.69) is 0 Å². The van der Waals surface area contributed by atoms with Gasteiger partial charge in [-0.3, -0.25) is 4.79 Å². The summed E-state index contributed by atoms with van der Waals surface area (Å²) < 4.78 is 4.79. The van der Waals surface area contributed by atoms with Gasteiger partial charge in [-0.2, -0.15) is 0 Å². The molecular formula is C14H22N2O3S. The van der Waals surface area contributed by atoms with Gasteiger partial charge in [0, 0.05) is 19.5 Å². The van der Waals surface area contributed by atoms with Gasteiger partial charge in [0.2, 0.25) is 0 Å². The van der Waals surface area contributed by atoms with E-state index in [1.54, 1.807) is 0 Å². The maximum Gasteiger partial charge on any atom is 0.343 e. The van der Waals surface area contributed by atoms with Crippen molar-refractivity contribution in [1.29, 1.82) is 0 Å². The summed E-state index contributed by atoms with van der Waals surface area (Å²) in [4.78, 5) is 26.5. The van der Waals surface area contributed by atoms with Crippen molar-refractivity contribution in [2.45, 2.75) is 27.2 Å². The number of ether oxygens (including phenoxy) is 1. The van der Waals surface area contributed by atoms with E-state index in [4.69, 9.17) is 10.5 Å². The van der Waals surface area contributed by atoms with Gasteiger partial charge >= 0.3 is 5.97 Å². The molecule has 0 fully saturated rings. The normalized spacial score (nSPS) is 10.7. The Morgan fingerprint density at radius 2 is 2.00 bits per heavy atom. The lowest BCUT2D eigenvalue weighted by atomic mass is 10.1. The summed E-state index contributed by atoms with van der Waals surface area (Å²) in [6.07, 6.45) is 0.933. The van der Waals surface area contributed by atoms with E-state index in [0.717, 1.165) is 13.0 Å². The number of nitrogens with zero attached hydrogens (tertiary/aromatic N) is 1. The minimum absolute atomic E-state index is 0.0474. The molecule has 20 heavy (non-hydrogen) atoms. The molecule has 1 aromatic rings. The molecule has 112 valence electrons. The van der Waals surface area contributed by atoms with Gasteiger partial charge in [0.1, 0.15) is 10.6 Å². The molecule has 0 saturated carbocycles. The SMILES string of the molecule is CCCN(C)c1sc(C(=O)C(C)C)c(N)c1C(=O)OC. The van der Waals surface area contributed by atoms with Crippen LogP contribution in [0.5, 0.6) is 0 Å². The second-order valence-electron chi connectivity index (χ2n) is 4.96. The molecule has 0 unspecified atom stereocenters. The largest absolute Gasteiger partial charge is 0.465 e. The topological polar surface area (TPSA) is 72.6 Å². The van der Waals surface area contributed by atoms with Crippen LogP contribution in [0.3, 0.4) is 0 Å². The summed E-state index contributed by atoms with van der Waals surface area (Å²) in [7, 11) is 3.19. The molecule has 0 bridgehead atoms. The molecule has 0 amide bonds. The maximum absolute atomic E-state index is 12.2. The van der Waals surface area contributed by atoms with Crippen LogP contribution in [-0.4, -0.2) is 32.5 Å². The van der Waals surface area contributed by atoms with Crippen LogP contribution in [0.2, 0.25) is 0 Å². The smallest absolute Gasteiger partial charge is 0.343 e. The summed E-state index contributed by atoms with van der Waals surface area (Å²) in [5.41, 5.74) is 6.55. The van der Waals surface area contributed by atoms with Crippen molar-refractivity contribution in [2.75, 3.05) is 31.3 Å². The Balaban J connectivity index is 3.38. The van der Waals surface area contributed by atoms with Crippen molar-refractivity contribution in [3.05, 3.63) is 10.4 Å². The zero-order chi connectivity index (χ0) is 15.4. The van der Waals surface area contributed by atoms with Crippen LogP contribution in [0.4, 0.5) is 10.7 Å². The average molecular weight is 298 g/mol. The summed E-state index contributed by atoms with van der Waals surface area (Å²) >= 11 is 1.26. The van der Waals surface area contributed by atoms with Crippen molar-refractivity contribution in [3.63, 3.8) is 0 Å². The molecule has 5 nitrogen and oxygen atoms in total. The highest BCUT2D eigenvalue weighted by Crippen LogP contribution is 2.39. The van der Waals surface area contributed by atoms with E-state index in [-0.39, 0.29) is 17.4 Å². The zero-order valence-corrected chi connectivity index (χ0v) is 13.5. The Bertz CT molecular complexity index is 509. The Morgan fingerprint density at radius 1 is 1.40 bits per heavy atom. The number of hydrogen-bond acceptors (Lipinski definition) is 6. The van der Waals surface area contributed by atoms with Crippen LogP contribution in [-0.2, 0) is 4.74 Å². The number of carbonyl (C=O) groups excluding carboxylic acids is 2. The van der Waals surface area contributed by atoms with E-state index in [0.29, 0.717) is 15.4 Å². The number of anilines is 2. The second-order valence-corrected chi connectivity index (χ2v) is 5.96. The maximum atomic E-state index is 12.2. The lowest BCUT2D eigenvalue weighted by Crippen LogP contribution is -2.19. The minimum Gasteiger partial charge on any atom is -0.465 e. The van der Waals surface area contributed by atoms with Gasteiger partial charge in [-0.15, -0.1) is 11.3 Å². The summed E-state index contributed by atoms with van der Waals surface area (Å²) in [6.45, 7) is 6.45. The zero-order valence-electron chi connectivity index (χ0n) is 12.6. The predicted octanol–water partition coefficient (Wildman–Crippen LogP) is 2.80. The number of esters is 1. The molecule has 1 rings (SSSR count). The molecule has 0 aromatic carbocycles. The minimum atomic E-state index is -0.500. The van der Waals surface area contributed by atoms with E-state index in [9.17, 15) is 9.59 Å². The third kappa shape index (κ3) is 3.12. The predicted molar refractivity (Wildman–Crippen MR) is 82.8 cm³/mol. The molecule has 0 saturated heterocycles. The number of nitrogens with two attached hydrogens (primary N) is 1. The van der Waals surface area contributed by atoms with Crippen molar-refractivity contribution < 1.29 is 14.3 Å². The number of thiophene rings is 1. The third-order valence-corrected chi connectivity index (χ3v) is 4.30. The summed E-state index contributed by atoms with van der Waals surface area (Å²) in [5, 5.41) is 0.695. The molecule has 0 spiro atoms. The molecule has 0 radical (unpaired) electrons. The fourth-order valence-electron chi connectivity index (χ4n) is 1.88. The molecular weight excluding hydrogens is 276 g/mol. The van der Waals surface area contributed by atoms with Crippen LogP contribution < -0.4 is 10.6 Å². The van der Waals surface area contributed by atoms with E-state index in [1.807, 2.05) is 32.7 Å². The molecule has 1 aromatic heterocycles. The number of rotatable bonds is 6. The molecule has 0 aliphatic carbocycles. The second kappa shape index (κ2) is 6.74. The standard InChI is InChI=1S/C14H22N2O3S/c1-6-7-16(4)13-9(14(18)19-5)10(15)12(20-13)11(17)8(2)3/h8H,6-7,15H2,1-5H3. The number of nitrogen functional groups attached to an aromatic ring is 1. The number of hydrogen-bond donors (Lipinski definition) is 1. The van der Waals surface area contributed by atoms with E-state index in [1.165, 1.54) is 18.4 Å². The van der Waals surface area contributed by atoms with Crippen molar-refractivity contribution in [3.8, 4) is 0 Å². The first-order chi connectivity index (χ1) is 9.34. The van der Waals surface area contributed by atoms with Crippen LogP contribution in [0.15, 0.2) is 0 Å².